The Labute approximate surface area is 242 Å². The Balaban J connectivity index is 1.16. The number of hydrogen-bond donors (Lipinski definition) is 2. The number of rotatable bonds is 9. The lowest BCUT2D eigenvalue weighted by Gasteiger charge is -2.41. The zero-order chi connectivity index (χ0) is 29.0. The molecule has 1 unspecified atom stereocenters. The molecule has 0 radical (unpaired) electrons. The molecule has 1 atom stereocenters. The van der Waals surface area contributed by atoms with Crippen LogP contribution in [-0.2, 0) is 20.7 Å². The van der Waals surface area contributed by atoms with E-state index < -0.39 is 12.0 Å². The van der Waals surface area contributed by atoms with Gasteiger partial charge in [0.15, 0.2) is 5.82 Å². The zero-order valence-electron chi connectivity index (χ0n) is 24.4. The number of benzene rings is 1. The third-order valence-electron chi connectivity index (χ3n) is 7.90. The van der Waals surface area contributed by atoms with Crippen molar-refractivity contribution in [1.82, 2.24) is 25.1 Å². The molecule has 2 amide bonds. The van der Waals surface area contributed by atoms with Gasteiger partial charge in [-0.15, -0.1) is 0 Å². The van der Waals surface area contributed by atoms with Crippen LogP contribution >= 0.6 is 0 Å². The van der Waals surface area contributed by atoms with Crippen LogP contribution < -0.4 is 5.32 Å². The second-order valence-corrected chi connectivity index (χ2v) is 12.4. The predicted molar refractivity (Wildman–Crippen MR) is 154 cm³/mol. The number of carbonyl (C=O) groups is 2. The number of carbonyl (C=O) groups excluding carboxylic acids is 2. The Morgan fingerprint density at radius 1 is 1.02 bits per heavy atom. The van der Waals surface area contributed by atoms with Crippen LogP contribution in [0.2, 0.25) is 0 Å². The maximum Gasteiger partial charge on any atom is 0.257 e. The van der Waals surface area contributed by atoms with Crippen LogP contribution in [0.1, 0.15) is 75.2 Å². The summed E-state index contributed by atoms with van der Waals surface area (Å²) in [6.07, 6.45) is 7.92. The summed E-state index contributed by atoms with van der Waals surface area (Å²) in [5.74, 6) is 0.526. The minimum Gasteiger partial charge on any atom is -0.381 e. The molecule has 3 heterocycles. The first-order chi connectivity index (χ1) is 19.7. The van der Waals surface area contributed by atoms with Gasteiger partial charge in [-0.05, 0) is 64.9 Å². The quantitative estimate of drug-likeness (QED) is 0.446. The van der Waals surface area contributed by atoms with E-state index in [-0.39, 0.29) is 29.9 Å². The molecular formula is C31H43N5O5. The van der Waals surface area contributed by atoms with E-state index in [4.69, 9.17) is 9.47 Å². The topological polar surface area (TPSA) is 117 Å². The number of piperidine rings is 1. The average molecular weight is 566 g/mol. The minimum atomic E-state index is -0.940. The third kappa shape index (κ3) is 8.09. The van der Waals surface area contributed by atoms with Crippen LogP contribution in [0.25, 0.3) is 11.4 Å². The van der Waals surface area contributed by atoms with E-state index >= 15 is 0 Å². The first kappa shape index (κ1) is 29.6. The highest BCUT2D eigenvalue weighted by Gasteiger charge is 2.40. The number of likely N-dealkylation sites (tertiary alicyclic amines) is 1. The monoisotopic (exact) mass is 565 g/mol. The molecule has 3 fully saturated rings. The summed E-state index contributed by atoms with van der Waals surface area (Å²) in [7, 11) is 0. The smallest absolute Gasteiger partial charge is 0.257 e. The van der Waals surface area contributed by atoms with Crippen LogP contribution in [0.5, 0.6) is 0 Å². The fourth-order valence-corrected chi connectivity index (χ4v) is 5.57. The van der Waals surface area contributed by atoms with Crippen molar-refractivity contribution >= 4 is 11.8 Å². The van der Waals surface area contributed by atoms with E-state index in [2.05, 4.69) is 15.3 Å². The highest BCUT2D eigenvalue weighted by Crippen LogP contribution is 2.33. The maximum atomic E-state index is 13.6. The number of nitrogens with zero attached hydrogens (tertiary/aromatic N) is 4. The first-order valence-corrected chi connectivity index (χ1v) is 14.9. The van der Waals surface area contributed by atoms with Gasteiger partial charge in [-0.25, -0.2) is 9.97 Å². The lowest BCUT2D eigenvalue weighted by Crippen LogP contribution is -2.52. The molecule has 0 spiro atoms. The molecule has 2 saturated heterocycles. The Bertz CT molecular complexity index is 1160. The van der Waals surface area contributed by atoms with E-state index in [0.717, 1.165) is 49.7 Å². The van der Waals surface area contributed by atoms with Gasteiger partial charge >= 0.3 is 0 Å². The normalized spacial score (nSPS) is 20.0. The number of aliphatic hydroxyl groups excluding tert-OH is 1. The first-order valence-electron chi connectivity index (χ1n) is 14.9. The van der Waals surface area contributed by atoms with Crippen molar-refractivity contribution < 1.29 is 24.2 Å². The van der Waals surface area contributed by atoms with Gasteiger partial charge in [0.05, 0.1) is 17.6 Å². The number of aliphatic hydroxyl groups is 1. The van der Waals surface area contributed by atoms with Gasteiger partial charge in [0.1, 0.15) is 0 Å². The van der Waals surface area contributed by atoms with Gasteiger partial charge in [-0.2, -0.15) is 0 Å². The molecule has 41 heavy (non-hydrogen) atoms. The molecule has 1 aromatic carbocycles. The molecular weight excluding hydrogens is 522 g/mol. The van der Waals surface area contributed by atoms with Gasteiger partial charge in [0, 0.05) is 62.4 Å². The Morgan fingerprint density at radius 3 is 2.22 bits per heavy atom. The van der Waals surface area contributed by atoms with Gasteiger partial charge in [-0.1, -0.05) is 24.3 Å². The van der Waals surface area contributed by atoms with Crippen LogP contribution in [-0.4, -0.2) is 93.1 Å². The van der Waals surface area contributed by atoms with Gasteiger partial charge in [0.25, 0.3) is 5.91 Å². The molecule has 10 heteroatoms. The lowest BCUT2D eigenvalue weighted by atomic mass is 10.0. The van der Waals surface area contributed by atoms with Crippen molar-refractivity contribution in [2.75, 3.05) is 26.3 Å². The summed E-state index contributed by atoms with van der Waals surface area (Å²) in [5, 5.41) is 13.6. The third-order valence-corrected chi connectivity index (χ3v) is 7.90. The van der Waals surface area contributed by atoms with Crippen molar-refractivity contribution in [2.45, 2.75) is 95.9 Å². The molecule has 2 aliphatic heterocycles. The van der Waals surface area contributed by atoms with Gasteiger partial charge in [-0.3, -0.25) is 14.5 Å². The van der Waals surface area contributed by atoms with Crippen molar-refractivity contribution in [3.8, 4) is 11.4 Å². The van der Waals surface area contributed by atoms with E-state index in [1.165, 1.54) is 0 Å². The fourth-order valence-electron chi connectivity index (χ4n) is 5.57. The summed E-state index contributed by atoms with van der Waals surface area (Å²) in [6.45, 7) is 8.50. The number of amides is 2. The van der Waals surface area contributed by atoms with Crippen molar-refractivity contribution in [3.05, 3.63) is 47.8 Å². The standard InChI is InChI=1S/C31H43N5O5/c1-31(2,3)41-30(39)35-14-10-26(11-15-35)36(25-8-9-25)29(38)23-19-32-28(33-20-23)22-6-4-21(5-7-22)18-27(37)34-24-12-16-40-17-13-24/h4-7,19-20,24-26,30,39H,8-18H2,1-3H3,(H,34,37). The average Bonchev–Trinajstić information content (AvgIpc) is 3.79. The van der Waals surface area contributed by atoms with E-state index in [9.17, 15) is 14.7 Å². The lowest BCUT2D eigenvalue weighted by molar-refractivity contribution is -0.243. The summed E-state index contributed by atoms with van der Waals surface area (Å²) < 4.78 is 11.1. The Hall–Kier alpha value is -2.92. The number of ether oxygens (including phenoxy) is 2. The zero-order valence-corrected chi connectivity index (χ0v) is 24.4. The number of nitrogens with one attached hydrogen (secondary N) is 1. The largest absolute Gasteiger partial charge is 0.381 e. The molecule has 1 saturated carbocycles. The second kappa shape index (κ2) is 12.9. The molecule has 2 aromatic rings. The minimum absolute atomic E-state index is 0.0177. The van der Waals surface area contributed by atoms with Crippen molar-refractivity contribution in [1.29, 1.82) is 0 Å². The summed E-state index contributed by atoms with van der Waals surface area (Å²) in [4.78, 5) is 39.0. The molecule has 3 aliphatic rings. The number of hydrogen-bond acceptors (Lipinski definition) is 8. The van der Waals surface area contributed by atoms with E-state index in [1.807, 2.05) is 54.8 Å². The molecule has 10 nitrogen and oxygen atoms in total. The van der Waals surface area contributed by atoms with E-state index in [0.29, 0.717) is 44.1 Å². The Kier molecular flexibility index (Phi) is 9.33. The van der Waals surface area contributed by atoms with Crippen molar-refractivity contribution in [3.63, 3.8) is 0 Å². The van der Waals surface area contributed by atoms with Gasteiger partial charge < -0.3 is 24.8 Å². The van der Waals surface area contributed by atoms with E-state index in [1.54, 1.807) is 12.4 Å². The predicted octanol–water partition coefficient (Wildman–Crippen LogP) is 3.14. The molecule has 1 aliphatic carbocycles. The highest BCUT2D eigenvalue weighted by atomic mass is 16.6. The van der Waals surface area contributed by atoms with Gasteiger partial charge in [0.2, 0.25) is 12.3 Å². The molecule has 0 bridgehead atoms. The molecule has 222 valence electrons. The van der Waals surface area contributed by atoms with Crippen LogP contribution in [0.4, 0.5) is 0 Å². The summed E-state index contributed by atoms with van der Waals surface area (Å²) in [5.41, 5.74) is 1.82. The summed E-state index contributed by atoms with van der Waals surface area (Å²) in [6, 6.07) is 8.23. The van der Waals surface area contributed by atoms with Crippen LogP contribution in [0.15, 0.2) is 36.7 Å². The highest BCUT2D eigenvalue weighted by molar-refractivity contribution is 5.94. The SMILES string of the molecule is CC(C)(C)OC(O)N1CCC(N(C(=O)c2cnc(-c3ccc(CC(=O)NC4CCOCC4)cc3)nc2)C2CC2)CC1. The fraction of sp³-hybridized carbons (Fsp3) is 0.613. The maximum absolute atomic E-state index is 13.6. The van der Waals surface area contributed by atoms with Crippen LogP contribution in [0.3, 0.4) is 0 Å². The molecule has 1 aromatic heterocycles. The molecule has 5 rings (SSSR count). The summed E-state index contributed by atoms with van der Waals surface area (Å²) >= 11 is 0. The Morgan fingerprint density at radius 2 is 1.63 bits per heavy atom. The van der Waals surface area contributed by atoms with Crippen molar-refractivity contribution in [2.24, 2.45) is 0 Å². The van der Waals surface area contributed by atoms with Crippen LogP contribution in [0, 0.1) is 0 Å². The second-order valence-electron chi connectivity index (χ2n) is 12.4. The molecule has 2 N–H and O–H groups in total. The number of aromatic nitrogens is 2.